The molecule has 146 valence electrons. The molecule has 0 radical (unpaired) electrons. The summed E-state index contributed by atoms with van der Waals surface area (Å²) in [5.74, 6) is -1.29. The van der Waals surface area contributed by atoms with Crippen molar-refractivity contribution in [3.8, 4) is 0 Å². The predicted molar refractivity (Wildman–Crippen MR) is 107 cm³/mol. The van der Waals surface area contributed by atoms with Gasteiger partial charge in [0.25, 0.3) is 0 Å². The minimum absolute atomic E-state index is 0.228. The Bertz CT molecular complexity index is 965. The molecule has 28 heavy (non-hydrogen) atoms. The Hall–Kier alpha value is -2.22. The van der Waals surface area contributed by atoms with Gasteiger partial charge in [-0.2, -0.15) is 0 Å². The van der Waals surface area contributed by atoms with Crippen molar-refractivity contribution < 1.29 is 18.9 Å². The molecule has 1 fully saturated rings. The zero-order valence-corrected chi connectivity index (χ0v) is 16.6. The third-order valence-corrected chi connectivity index (χ3v) is 7.07. The molecule has 2 aromatic carbocycles. The molecule has 1 amide bonds. The molecule has 1 saturated heterocycles. The molecule has 8 heteroatoms. The van der Waals surface area contributed by atoms with Crippen molar-refractivity contribution in [2.45, 2.75) is 23.2 Å². The van der Waals surface area contributed by atoms with Crippen molar-refractivity contribution >= 4 is 40.2 Å². The highest BCUT2D eigenvalue weighted by atomic mass is 35.5. The van der Waals surface area contributed by atoms with Gasteiger partial charge in [-0.15, -0.1) is 0 Å². The van der Waals surface area contributed by atoms with Crippen LogP contribution in [0.4, 0.5) is 5.69 Å². The number of carbonyl (C=O) groups is 2. The van der Waals surface area contributed by atoms with Crippen molar-refractivity contribution in [1.82, 2.24) is 4.31 Å². The number of carboxylic acid groups (broad SMARTS) is 1. The van der Waals surface area contributed by atoms with Crippen molar-refractivity contribution in [2.24, 2.45) is 0 Å². The van der Waals surface area contributed by atoms with Crippen LogP contribution < -0.4 is 4.90 Å². The Balaban J connectivity index is 1.69. The van der Waals surface area contributed by atoms with E-state index in [1.165, 1.54) is 4.90 Å². The minimum Gasteiger partial charge on any atom is -0.480 e. The van der Waals surface area contributed by atoms with E-state index >= 15 is 0 Å². The molecule has 2 atom stereocenters. The molecule has 2 aliphatic rings. The number of para-hydroxylation sites is 1. The molecule has 0 bridgehead atoms. The van der Waals surface area contributed by atoms with Gasteiger partial charge in [0, 0.05) is 23.8 Å². The number of anilines is 1. The quantitative estimate of drug-likeness (QED) is 0.828. The zero-order chi connectivity index (χ0) is 19.9. The summed E-state index contributed by atoms with van der Waals surface area (Å²) < 4.78 is 14.9. The van der Waals surface area contributed by atoms with E-state index in [4.69, 9.17) is 11.6 Å². The van der Waals surface area contributed by atoms with E-state index in [0.29, 0.717) is 35.0 Å². The summed E-state index contributed by atoms with van der Waals surface area (Å²) in [6.07, 6.45) is 1.30. The van der Waals surface area contributed by atoms with Gasteiger partial charge >= 0.3 is 5.97 Å². The molecule has 0 aliphatic carbocycles. The topological polar surface area (TPSA) is 77.9 Å². The number of carboxylic acids is 1. The fourth-order valence-corrected chi connectivity index (χ4v) is 5.57. The Morgan fingerprint density at radius 2 is 1.89 bits per heavy atom. The van der Waals surface area contributed by atoms with Crippen LogP contribution in [0.15, 0.2) is 53.4 Å². The normalized spacial score (nSPS) is 23.0. The monoisotopic (exact) mass is 418 g/mol. The first-order valence-corrected chi connectivity index (χ1v) is 10.5. The van der Waals surface area contributed by atoms with Crippen molar-refractivity contribution in [3.05, 3.63) is 59.1 Å². The largest absolute Gasteiger partial charge is 0.480 e. The number of aliphatic carboxylic acids is 1. The Morgan fingerprint density at radius 1 is 1.18 bits per heavy atom. The van der Waals surface area contributed by atoms with E-state index in [1.807, 2.05) is 12.1 Å². The van der Waals surface area contributed by atoms with Crippen LogP contribution in [0, 0.1) is 0 Å². The highest BCUT2D eigenvalue weighted by molar-refractivity contribution is 7.82. The van der Waals surface area contributed by atoms with Crippen LogP contribution in [-0.4, -0.2) is 45.1 Å². The molecule has 1 N–H and O–H groups in total. The number of halogens is 1. The summed E-state index contributed by atoms with van der Waals surface area (Å²) in [4.78, 5) is 26.6. The average Bonchev–Trinajstić information content (AvgIpc) is 2.91. The standard InChI is InChI=1S/C20H19ClN2O4S/c21-14-6-8-15(9-7-14)28(27)22-11-3-10-20(13-22)16-4-1-2-5-17(16)23(19(20)26)12-18(24)25/h1-2,4-9H,3,10-13H2,(H,24,25). The van der Waals surface area contributed by atoms with E-state index in [9.17, 15) is 18.9 Å². The fraction of sp³-hybridized carbons (Fsp3) is 0.300. The molecule has 6 nitrogen and oxygen atoms in total. The summed E-state index contributed by atoms with van der Waals surface area (Å²) >= 11 is 5.92. The van der Waals surface area contributed by atoms with Gasteiger partial charge in [0.2, 0.25) is 5.91 Å². The van der Waals surface area contributed by atoms with Crippen molar-refractivity contribution in [2.75, 3.05) is 24.5 Å². The van der Waals surface area contributed by atoms with E-state index < -0.39 is 22.4 Å². The van der Waals surface area contributed by atoms with E-state index in [-0.39, 0.29) is 19.0 Å². The van der Waals surface area contributed by atoms with Crippen LogP contribution in [0.2, 0.25) is 5.02 Å². The fourth-order valence-electron chi connectivity index (χ4n) is 4.14. The van der Waals surface area contributed by atoms with Crippen molar-refractivity contribution in [3.63, 3.8) is 0 Å². The Labute approximate surface area is 170 Å². The lowest BCUT2D eigenvalue weighted by Crippen LogP contribution is -2.52. The van der Waals surface area contributed by atoms with Gasteiger partial charge in [0.05, 0.1) is 10.3 Å². The summed E-state index contributed by atoms with van der Waals surface area (Å²) in [6, 6.07) is 14.1. The number of fused-ring (bicyclic) bond motifs is 2. The molecule has 2 aromatic rings. The molecule has 2 heterocycles. The summed E-state index contributed by atoms with van der Waals surface area (Å²) in [7, 11) is -1.43. The maximum atomic E-state index is 13.3. The Kier molecular flexibility index (Phi) is 4.99. The predicted octanol–water partition coefficient (Wildman–Crippen LogP) is 2.83. The maximum absolute atomic E-state index is 13.3. The second kappa shape index (κ2) is 7.31. The van der Waals surface area contributed by atoms with Gasteiger partial charge in [-0.25, -0.2) is 8.51 Å². The van der Waals surface area contributed by atoms with Gasteiger partial charge in [-0.05, 0) is 48.7 Å². The summed E-state index contributed by atoms with van der Waals surface area (Å²) in [5, 5.41) is 9.82. The second-order valence-corrected chi connectivity index (χ2v) is 8.98. The summed E-state index contributed by atoms with van der Waals surface area (Å²) in [5.41, 5.74) is 0.583. The highest BCUT2D eigenvalue weighted by Crippen LogP contribution is 2.47. The van der Waals surface area contributed by atoms with Crippen LogP contribution in [0.1, 0.15) is 18.4 Å². The number of benzene rings is 2. The lowest BCUT2D eigenvalue weighted by molar-refractivity contribution is -0.137. The molecule has 4 rings (SSSR count). The molecule has 2 aliphatic heterocycles. The lowest BCUT2D eigenvalue weighted by atomic mass is 9.75. The zero-order valence-electron chi connectivity index (χ0n) is 15.0. The number of hydrogen-bond acceptors (Lipinski definition) is 3. The van der Waals surface area contributed by atoms with Crippen LogP contribution in [0.25, 0.3) is 0 Å². The van der Waals surface area contributed by atoms with Gasteiger partial charge in [0.15, 0.2) is 0 Å². The molecule has 0 aromatic heterocycles. The van der Waals surface area contributed by atoms with Gasteiger partial charge in [0.1, 0.15) is 17.5 Å². The number of nitrogens with zero attached hydrogens (tertiary/aromatic N) is 2. The number of carbonyl (C=O) groups excluding carboxylic acids is 1. The van der Waals surface area contributed by atoms with Gasteiger partial charge in [-0.3, -0.25) is 9.59 Å². The lowest BCUT2D eigenvalue weighted by Gasteiger charge is -2.38. The Morgan fingerprint density at radius 3 is 2.61 bits per heavy atom. The molecule has 2 unspecified atom stereocenters. The molecular formula is C20H19ClN2O4S. The molecule has 1 spiro atoms. The number of rotatable bonds is 4. The molecule has 0 saturated carbocycles. The van der Waals surface area contributed by atoms with Crippen LogP contribution >= 0.6 is 11.6 Å². The smallest absolute Gasteiger partial charge is 0.323 e. The number of amides is 1. The van der Waals surface area contributed by atoms with Crippen molar-refractivity contribution in [1.29, 1.82) is 0 Å². The van der Waals surface area contributed by atoms with E-state index in [0.717, 1.165) is 5.56 Å². The molecular weight excluding hydrogens is 400 g/mol. The van der Waals surface area contributed by atoms with Gasteiger partial charge in [-0.1, -0.05) is 29.8 Å². The van der Waals surface area contributed by atoms with E-state index in [2.05, 4.69) is 0 Å². The van der Waals surface area contributed by atoms with Crippen LogP contribution in [0.5, 0.6) is 0 Å². The first-order chi connectivity index (χ1) is 13.4. The van der Waals surface area contributed by atoms with Crippen LogP contribution in [-0.2, 0) is 26.0 Å². The minimum atomic E-state index is -1.43. The third-order valence-electron chi connectivity index (χ3n) is 5.37. The highest BCUT2D eigenvalue weighted by Gasteiger charge is 2.53. The summed E-state index contributed by atoms with van der Waals surface area (Å²) in [6.45, 7) is 0.511. The third kappa shape index (κ3) is 3.13. The van der Waals surface area contributed by atoms with Crippen LogP contribution in [0.3, 0.4) is 0 Å². The van der Waals surface area contributed by atoms with Gasteiger partial charge < -0.3 is 10.0 Å². The first kappa shape index (κ1) is 19.1. The average molecular weight is 419 g/mol. The van der Waals surface area contributed by atoms with E-state index in [1.54, 1.807) is 40.7 Å². The maximum Gasteiger partial charge on any atom is 0.323 e. The first-order valence-electron chi connectivity index (χ1n) is 8.98. The second-order valence-electron chi connectivity index (χ2n) is 7.05. The SMILES string of the molecule is O=C(O)CN1C(=O)C2(CCCN(S(=O)c3ccc(Cl)cc3)C2)c2ccccc21. The number of piperidine rings is 1. The number of hydrogen-bond donors (Lipinski definition) is 1.